The number of benzene rings is 1. The third kappa shape index (κ3) is 3.00. The van der Waals surface area contributed by atoms with Crippen LogP contribution >= 0.6 is 11.3 Å². The van der Waals surface area contributed by atoms with Gasteiger partial charge in [-0.05, 0) is 26.6 Å². The summed E-state index contributed by atoms with van der Waals surface area (Å²) in [7, 11) is 3.93. The van der Waals surface area contributed by atoms with Crippen LogP contribution in [0.1, 0.15) is 32.7 Å². The SMILES string of the molecule is Cc1cccc(C(c2nc(C(=O)O)cs2)N(C)C)c1. The van der Waals surface area contributed by atoms with Crippen LogP contribution in [-0.2, 0) is 0 Å². The number of hydrogen-bond acceptors (Lipinski definition) is 4. The molecule has 0 spiro atoms. The Kier molecular flexibility index (Phi) is 3.97. The molecular formula is C14H16N2O2S. The smallest absolute Gasteiger partial charge is 0.355 e. The first-order valence-electron chi connectivity index (χ1n) is 5.90. The van der Waals surface area contributed by atoms with Crippen molar-refractivity contribution in [3.8, 4) is 0 Å². The van der Waals surface area contributed by atoms with Gasteiger partial charge in [0.15, 0.2) is 5.69 Å². The summed E-state index contributed by atoms with van der Waals surface area (Å²) in [5, 5.41) is 11.4. The molecule has 4 nitrogen and oxygen atoms in total. The van der Waals surface area contributed by atoms with E-state index in [2.05, 4.69) is 11.1 Å². The van der Waals surface area contributed by atoms with Crippen molar-refractivity contribution < 1.29 is 9.90 Å². The molecule has 2 rings (SSSR count). The lowest BCUT2D eigenvalue weighted by Gasteiger charge is -2.23. The second kappa shape index (κ2) is 5.50. The zero-order chi connectivity index (χ0) is 14.0. The summed E-state index contributed by atoms with van der Waals surface area (Å²) in [6.07, 6.45) is 0. The van der Waals surface area contributed by atoms with Crippen LogP contribution in [0, 0.1) is 6.92 Å². The van der Waals surface area contributed by atoms with E-state index < -0.39 is 5.97 Å². The lowest BCUT2D eigenvalue weighted by Crippen LogP contribution is -2.21. The molecular weight excluding hydrogens is 260 g/mol. The predicted molar refractivity (Wildman–Crippen MR) is 75.8 cm³/mol. The van der Waals surface area contributed by atoms with Crippen LogP contribution in [0.2, 0.25) is 0 Å². The van der Waals surface area contributed by atoms with Gasteiger partial charge in [-0.1, -0.05) is 29.8 Å². The molecule has 2 aromatic rings. The Balaban J connectivity index is 2.42. The lowest BCUT2D eigenvalue weighted by molar-refractivity contribution is 0.0691. The molecule has 0 saturated heterocycles. The maximum Gasteiger partial charge on any atom is 0.355 e. The largest absolute Gasteiger partial charge is 0.476 e. The van der Waals surface area contributed by atoms with E-state index in [9.17, 15) is 4.79 Å². The highest BCUT2D eigenvalue weighted by atomic mass is 32.1. The van der Waals surface area contributed by atoms with E-state index in [1.807, 2.05) is 44.1 Å². The molecule has 0 aliphatic rings. The zero-order valence-electron chi connectivity index (χ0n) is 11.1. The van der Waals surface area contributed by atoms with Crippen LogP contribution in [0.15, 0.2) is 29.6 Å². The minimum Gasteiger partial charge on any atom is -0.476 e. The fraction of sp³-hybridized carbons (Fsp3) is 0.286. The molecule has 0 fully saturated rings. The van der Waals surface area contributed by atoms with E-state index in [0.29, 0.717) is 0 Å². The van der Waals surface area contributed by atoms with Crippen molar-refractivity contribution in [2.45, 2.75) is 13.0 Å². The zero-order valence-corrected chi connectivity index (χ0v) is 11.9. The summed E-state index contributed by atoms with van der Waals surface area (Å²) < 4.78 is 0. The topological polar surface area (TPSA) is 53.4 Å². The molecule has 1 aromatic carbocycles. The number of nitrogens with zero attached hydrogens (tertiary/aromatic N) is 2. The van der Waals surface area contributed by atoms with Crippen molar-refractivity contribution in [2.24, 2.45) is 0 Å². The molecule has 1 heterocycles. The number of rotatable bonds is 4. The quantitative estimate of drug-likeness (QED) is 0.933. The Morgan fingerprint density at radius 2 is 2.16 bits per heavy atom. The number of aryl methyl sites for hydroxylation is 1. The number of carboxylic acids is 1. The number of hydrogen-bond donors (Lipinski definition) is 1. The average Bonchev–Trinajstić information content (AvgIpc) is 2.78. The van der Waals surface area contributed by atoms with Gasteiger partial charge in [-0.15, -0.1) is 11.3 Å². The van der Waals surface area contributed by atoms with Crippen molar-refractivity contribution in [3.05, 3.63) is 51.5 Å². The molecule has 1 aromatic heterocycles. The minimum atomic E-state index is -0.982. The molecule has 0 radical (unpaired) electrons. The van der Waals surface area contributed by atoms with Crippen molar-refractivity contribution in [1.82, 2.24) is 9.88 Å². The predicted octanol–water partition coefficient (Wildman–Crippen LogP) is 2.80. The maximum absolute atomic E-state index is 10.9. The lowest BCUT2D eigenvalue weighted by atomic mass is 10.0. The Morgan fingerprint density at radius 1 is 1.42 bits per heavy atom. The van der Waals surface area contributed by atoms with Crippen LogP contribution in [0.3, 0.4) is 0 Å². The van der Waals surface area contributed by atoms with Gasteiger partial charge in [0.25, 0.3) is 0 Å². The highest BCUT2D eigenvalue weighted by molar-refractivity contribution is 7.10. The van der Waals surface area contributed by atoms with Crippen LogP contribution < -0.4 is 0 Å². The summed E-state index contributed by atoms with van der Waals surface area (Å²) >= 11 is 1.38. The van der Waals surface area contributed by atoms with E-state index in [4.69, 9.17) is 5.11 Å². The normalized spacial score (nSPS) is 12.6. The monoisotopic (exact) mass is 276 g/mol. The Morgan fingerprint density at radius 3 is 2.68 bits per heavy atom. The van der Waals surface area contributed by atoms with Gasteiger partial charge in [0.1, 0.15) is 5.01 Å². The number of aromatic carboxylic acids is 1. The first kappa shape index (κ1) is 13.7. The molecule has 0 bridgehead atoms. The van der Waals surface area contributed by atoms with Crippen molar-refractivity contribution in [2.75, 3.05) is 14.1 Å². The van der Waals surface area contributed by atoms with Gasteiger partial charge in [-0.25, -0.2) is 9.78 Å². The molecule has 0 saturated carbocycles. The van der Waals surface area contributed by atoms with Gasteiger partial charge in [0.05, 0.1) is 6.04 Å². The second-order valence-corrected chi connectivity index (χ2v) is 5.55. The van der Waals surface area contributed by atoms with Gasteiger partial charge in [0, 0.05) is 5.38 Å². The number of aromatic nitrogens is 1. The molecule has 100 valence electrons. The standard InChI is InChI=1S/C14H16N2O2S/c1-9-5-4-6-10(7-9)12(16(2)3)13-15-11(8-19-13)14(17)18/h4-8,12H,1-3H3,(H,17,18). The fourth-order valence-corrected chi connectivity index (χ4v) is 3.03. The average molecular weight is 276 g/mol. The molecule has 1 atom stereocenters. The molecule has 1 N–H and O–H groups in total. The highest BCUT2D eigenvalue weighted by Crippen LogP contribution is 2.29. The second-order valence-electron chi connectivity index (χ2n) is 4.66. The number of thiazole rings is 1. The summed E-state index contributed by atoms with van der Waals surface area (Å²) in [4.78, 5) is 17.2. The molecule has 1 unspecified atom stereocenters. The van der Waals surface area contributed by atoms with Crippen molar-refractivity contribution in [3.63, 3.8) is 0 Å². The van der Waals surface area contributed by atoms with Crippen molar-refractivity contribution >= 4 is 17.3 Å². The highest BCUT2D eigenvalue weighted by Gasteiger charge is 2.21. The maximum atomic E-state index is 10.9. The summed E-state index contributed by atoms with van der Waals surface area (Å²) in [5.41, 5.74) is 2.41. The first-order valence-corrected chi connectivity index (χ1v) is 6.78. The van der Waals surface area contributed by atoms with Gasteiger partial charge < -0.3 is 5.11 Å². The van der Waals surface area contributed by atoms with E-state index in [-0.39, 0.29) is 11.7 Å². The van der Waals surface area contributed by atoms with Gasteiger partial charge in [-0.3, -0.25) is 4.90 Å². The van der Waals surface area contributed by atoms with E-state index in [1.54, 1.807) is 5.38 Å². The summed E-state index contributed by atoms with van der Waals surface area (Å²) in [5.74, 6) is -0.982. The van der Waals surface area contributed by atoms with Gasteiger partial charge in [0.2, 0.25) is 0 Å². The van der Waals surface area contributed by atoms with Crippen molar-refractivity contribution in [1.29, 1.82) is 0 Å². The Bertz CT molecular complexity index is 593. The first-order chi connectivity index (χ1) is 8.99. The minimum absolute atomic E-state index is 0.0157. The molecule has 19 heavy (non-hydrogen) atoms. The van der Waals surface area contributed by atoms with E-state index in [0.717, 1.165) is 10.6 Å². The van der Waals surface area contributed by atoms with E-state index in [1.165, 1.54) is 16.9 Å². The van der Waals surface area contributed by atoms with E-state index >= 15 is 0 Å². The molecule has 5 heteroatoms. The number of carbonyl (C=O) groups is 1. The van der Waals surface area contributed by atoms with Gasteiger partial charge in [-0.2, -0.15) is 0 Å². The van der Waals surface area contributed by atoms with Gasteiger partial charge >= 0.3 is 5.97 Å². The third-order valence-electron chi connectivity index (χ3n) is 2.85. The molecule has 0 aliphatic carbocycles. The Labute approximate surface area is 116 Å². The van der Waals surface area contributed by atoms with Crippen LogP contribution in [0.25, 0.3) is 0 Å². The third-order valence-corrected chi connectivity index (χ3v) is 3.75. The summed E-state index contributed by atoms with van der Waals surface area (Å²) in [6.45, 7) is 2.04. The fourth-order valence-electron chi connectivity index (χ4n) is 2.01. The molecule has 0 aliphatic heterocycles. The number of carboxylic acid groups (broad SMARTS) is 1. The molecule has 0 amide bonds. The van der Waals surface area contributed by atoms with Crippen LogP contribution in [0.5, 0.6) is 0 Å². The summed E-state index contributed by atoms with van der Waals surface area (Å²) in [6, 6.07) is 8.18. The van der Waals surface area contributed by atoms with Crippen LogP contribution in [0.4, 0.5) is 0 Å². The Hall–Kier alpha value is -1.72. The van der Waals surface area contributed by atoms with Crippen LogP contribution in [-0.4, -0.2) is 35.1 Å².